The van der Waals surface area contributed by atoms with E-state index in [1.54, 1.807) is 24.3 Å². The molecule has 2 aromatic rings. The number of nitrogens with one attached hydrogen (secondary N) is 1. The summed E-state index contributed by atoms with van der Waals surface area (Å²) in [6.45, 7) is 1.67. The lowest BCUT2D eigenvalue weighted by Gasteiger charge is -2.09. The molecule has 2 rings (SSSR count). The van der Waals surface area contributed by atoms with Crippen LogP contribution in [0.25, 0.3) is 0 Å². The summed E-state index contributed by atoms with van der Waals surface area (Å²) in [5.41, 5.74) is 5.33. The molecular formula is C13H14N4O3S. The van der Waals surface area contributed by atoms with Crippen LogP contribution in [0.1, 0.15) is 22.3 Å². The molecule has 2 amide bonds. The van der Waals surface area contributed by atoms with Gasteiger partial charge in [-0.1, -0.05) is 30.4 Å². The Morgan fingerprint density at radius 1 is 1.33 bits per heavy atom. The largest absolute Gasteiger partial charge is 0.483 e. The van der Waals surface area contributed by atoms with Crippen LogP contribution in [0.3, 0.4) is 0 Å². The fourth-order valence-electron chi connectivity index (χ4n) is 1.54. The molecule has 0 aliphatic heterocycles. The second-order valence-corrected chi connectivity index (χ2v) is 5.12. The molecule has 0 aliphatic carbocycles. The minimum absolute atomic E-state index is 0.286. The monoisotopic (exact) mass is 306 g/mol. The van der Waals surface area contributed by atoms with Gasteiger partial charge in [0.2, 0.25) is 5.13 Å². The Kier molecular flexibility index (Phi) is 4.83. The Morgan fingerprint density at radius 2 is 2.10 bits per heavy atom. The molecule has 0 saturated heterocycles. The van der Waals surface area contributed by atoms with Gasteiger partial charge >= 0.3 is 0 Å². The van der Waals surface area contributed by atoms with Crippen molar-refractivity contribution in [2.75, 3.05) is 11.9 Å². The predicted octanol–water partition coefficient (Wildman–Crippen LogP) is 1.22. The molecule has 0 unspecified atom stereocenters. The normalized spacial score (nSPS) is 10.1. The Morgan fingerprint density at radius 3 is 2.76 bits per heavy atom. The van der Waals surface area contributed by atoms with Gasteiger partial charge in [-0.25, -0.2) is 0 Å². The van der Waals surface area contributed by atoms with E-state index in [1.807, 2.05) is 6.92 Å². The second-order valence-electron chi connectivity index (χ2n) is 4.06. The van der Waals surface area contributed by atoms with Crippen LogP contribution < -0.4 is 15.8 Å². The smallest absolute Gasteiger partial charge is 0.261 e. The molecule has 1 aromatic heterocycles. The molecule has 0 aliphatic rings. The van der Waals surface area contributed by atoms with Crippen molar-refractivity contribution in [3.63, 3.8) is 0 Å². The lowest BCUT2D eigenvalue weighted by atomic mass is 10.2. The van der Waals surface area contributed by atoms with Crippen molar-refractivity contribution in [3.8, 4) is 5.75 Å². The Balaban J connectivity index is 2.12. The number of anilines is 1. The van der Waals surface area contributed by atoms with E-state index in [2.05, 4.69) is 15.5 Å². The van der Waals surface area contributed by atoms with Gasteiger partial charge in [-0.2, -0.15) is 0 Å². The quantitative estimate of drug-likeness (QED) is 0.834. The third-order valence-electron chi connectivity index (χ3n) is 2.49. The number of rotatable bonds is 6. The highest BCUT2D eigenvalue weighted by molar-refractivity contribution is 7.15. The van der Waals surface area contributed by atoms with Gasteiger partial charge in [0.15, 0.2) is 6.61 Å². The lowest BCUT2D eigenvalue weighted by molar-refractivity contribution is -0.119. The minimum Gasteiger partial charge on any atom is -0.483 e. The van der Waals surface area contributed by atoms with Gasteiger partial charge in [-0.05, 0) is 18.6 Å². The molecule has 0 spiro atoms. The summed E-state index contributed by atoms with van der Waals surface area (Å²) < 4.78 is 5.22. The van der Waals surface area contributed by atoms with Crippen molar-refractivity contribution in [1.29, 1.82) is 0 Å². The first-order valence-electron chi connectivity index (χ1n) is 6.24. The summed E-state index contributed by atoms with van der Waals surface area (Å²) >= 11 is 1.31. The van der Waals surface area contributed by atoms with E-state index in [1.165, 1.54) is 11.3 Å². The second kappa shape index (κ2) is 6.80. The van der Waals surface area contributed by atoms with Crippen LogP contribution >= 0.6 is 11.3 Å². The summed E-state index contributed by atoms with van der Waals surface area (Å²) in [5, 5.41) is 11.7. The van der Waals surface area contributed by atoms with E-state index >= 15 is 0 Å². The number of nitrogens with two attached hydrogens (primary N) is 1. The highest BCUT2D eigenvalue weighted by Gasteiger charge is 2.14. The molecule has 1 heterocycles. The van der Waals surface area contributed by atoms with Gasteiger partial charge in [0.05, 0.1) is 5.56 Å². The zero-order valence-corrected chi connectivity index (χ0v) is 12.1. The third kappa shape index (κ3) is 3.99. The summed E-state index contributed by atoms with van der Waals surface area (Å²) in [6.07, 6.45) is 0.756. The number of nitrogens with zero attached hydrogens (tertiary/aromatic N) is 2. The summed E-state index contributed by atoms with van der Waals surface area (Å²) in [6, 6.07) is 6.58. The number of hydrogen-bond acceptors (Lipinski definition) is 6. The van der Waals surface area contributed by atoms with E-state index in [9.17, 15) is 9.59 Å². The van der Waals surface area contributed by atoms with Crippen molar-refractivity contribution < 1.29 is 14.3 Å². The third-order valence-corrected chi connectivity index (χ3v) is 3.47. The Bertz CT molecular complexity index is 656. The zero-order valence-electron chi connectivity index (χ0n) is 11.3. The highest BCUT2D eigenvalue weighted by Crippen LogP contribution is 2.21. The first-order chi connectivity index (χ1) is 10.1. The van der Waals surface area contributed by atoms with E-state index in [0.29, 0.717) is 10.7 Å². The molecule has 0 bridgehead atoms. The van der Waals surface area contributed by atoms with Crippen molar-refractivity contribution in [1.82, 2.24) is 10.2 Å². The molecule has 7 nitrogen and oxygen atoms in total. The molecule has 0 saturated carbocycles. The van der Waals surface area contributed by atoms with Gasteiger partial charge < -0.3 is 10.5 Å². The Labute approximate surface area is 125 Å². The standard InChI is InChI=1S/C13H14N4O3S/c1-2-11-16-17-13(21-11)15-12(19)8-5-3-4-6-9(8)20-7-10(14)18/h3-6H,2,7H2,1H3,(H2,14,18)(H,15,17,19). The van der Waals surface area contributed by atoms with Gasteiger partial charge in [-0.3, -0.25) is 14.9 Å². The van der Waals surface area contributed by atoms with E-state index in [0.717, 1.165) is 11.4 Å². The van der Waals surface area contributed by atoms with Gasteiger partial charge in [0.1, 0.15) is 10.8 Å². The molecular weight excluding hydrogens is 292 g/mol. The average molecular weight is 306 g/mol. The van der Waals surface area contributed by atoms with Crippen LogP contribution in [0.15, 0.2) is 24.3 Å². The number of ether oxygens (including phenoxy) is 1. The van der Waals surface area contributed by atoms with Crippen LogP contribution in [-0.2, 0) is 11.2 Å². The number of carbonyl (C=O) groups is 2. The van der Waals surface area contributed by atoms with Gasteiger partial charge in [-0.15, -0.1) is 10.2 Å². The first-order valence-corrected chi connectivity index (χ1v) is 7.05. The lowest BCUT2D eigenvalue weighted by Crippen LogP contribution is -2.21. The summed E-state index contributed by atoms with van der Waals surface area (Å²) in [5.74, 6) is -0.704. The van der Waals surface area contributed by atoms with Crippen molar-refractivity contribution in [3.05, 3.63) is 34.8 Å². The molecule has 0 atom stereocenters. The van der Waals surface area contributed by atoms with Gasteiger partial charge in [0.25, 0.3) is 11.8 Å². The van der Waals surface area contributed by atoms with Crippen LogP contribution in [0, 0.1) is 0 Å². The summed E-state index contributed by atoms with van der Waals surface area (Å²) in [7, 11) is 0. The van der Waals surface area contributed by atoms with Crippen LogP contribution in [0.4, 0.5) is 5.13 Å². The number of amides is 2. The first kappa shape index (κ1) is 14.9. The number of aromatic nitrogens is 2. The molecule has 0 radical (unpaired) electrons. The SMILES string of the molecule is CCc1nnc(NC(=O)c2ccccc2OCC(N)=O)s1. The number of benzene rings is 1. The maximum atomic E-state index is 12.2. The predicted molar refractivity (Wildman–Crippen MR) is 78.4 cm³/mol. The number of para-hydroxylation sites is 1. The Hall–Kier alpha value is -2.48. The molecule has 110 valence electrons. The topological polar surface area (TPSA) is 107 Å². The van der Waals surface area contributed by atoms with Crippen LogP contribution in [-0.4, -0.2) is 28.6 Å². The number of primary amides is 1. The molecule has 8 heteroatoms. The average Bonchev–Trinajstić information content (AvgIpc) is 2.93. The maximum Gasteiger partial charge on any atom is 0.261 e. The maximum absolute atomic E-state index is 12.2. The van der Waals surface area contributed by atoms with Crippen molar-refractivity contribution in [2.45, 2.75) is 13.3 Å². The highest BCUT2D eigenvalue weighted by atomic mass is 32.1. The molecule has 21 heavy (non-hydrogen) atoms. The molecule has 3 N–H and O–H groups in total. The van der Waals surface area contributed by atoms with Crippen LogP contribution in [0.2, 0.25) is 0 Å². The fraction of sp³-hybridized carbons (Fsp3) is 0.231. The van der Waals surface area contributed by atoms with Crippen molar-refractivity contribution >= 4 is 28.3 Å². The summed E-state index contributed by atoms with van der Waals surface area (Å²) in [4.78, 5) is 23.0. The zero-order chi connectivity index (χ0) is 15.2. The van der Waals surface area contributed by atoms with Gasteiger partial charge in [0, 0.05) is 0 Å². The van der Waals surface area contributed by atoms with E-state index in [-0.39, 0.29) is 18.3 Å². The van der Waals surface area contributed by atoms with E-state index in [4.69, 9.17) is 10.5 Å². The molecule has 1 aromatic carbocycles. The minimum atomic E-state index is -0.609. The number of aryl methyl sites for hydroxylation is 1. The van der Waals surface area contributed by atoms with Crippen LogP contribution in [0.5, 0.6) is 5.75 Å². The fourth-order valence-corrected chi connectivity index (χ4v) is 2.21. The van der Waals surface area contributed by atoms with Crippen molar-refractivity contribution in [2.24, 2.45) is 5.73 Å². The van der Waals surface area contributed by atoms with E-state index < -0.39 is 5.91 Å². The number of carbonyl (C=O) groups excluding carboxylic acids is 2. The number of hydrogen-bond donors (Lipinski definition) is 2. The molecule has 0 fully saturated rings.